The Balaban J connectivity index is 1.79. The number of amides is 2. The minimum atomic E-state index is -3.70. The zero-order valence-corrected chi connectivity index (χ0v) is 18.5. The molecule has 0 saturated heterocycles. The molecule has 1 aromatic heterocycles. The molecular formula is C22H24N4O4S. The maximum atomic E-state index is 12.7. The van der Waals surface area contributed by atoms with Gasteiger partial charge in [-0.15, -0.1) is 0 Å². The number of hydrogen-bond donors (Lipinski definition) is 3. The molecule has 0 aliphatic rings. The summed E-state index contributed by atoms with van der Waals surface area (Å²) in [6.07, 6.45) is 0. The van der Waals surface area contributed by atoms with Crippen LogP contribution in [0.25, 0.3) is 5.69 Å². The summed E-state index contributed by atoms with van der Waals surface area (Å²) in [5.41, 5.74) is 8.45. The highest BCUT2D eigenvalue weighted by molar-refractivity contribution is 7.89. The van der Waals surface area contributed by atoms with Gasteiger partial charge in [-0.05, 0) is 63.7 Å². The molecule has 0 atom stereocenters. The Hall–Kier alpha value is -3.43. The highest BCUT2D eigenvalue weighted by Gasteiger charge is 2.19. The van der Waals surface area contributed by atoms with Crippen molar-refractivity contribution in [3.63, 3.8) is 0 Å². The fraction of sp³-hybridized carbons (Fsp3) is 0.182. The second-order valence-corrected chi connectivity index (χ2v) is 8.93. The molecule has 3 N–H and O–H groups in total. The number of carbonyl (C=O) groups is 2. The summed E-state index contributed by atoms with van der Waals surface area (Å²) in [4.78, 5) is 25.3. The quantitative estimate of drug-likeness (QED) is 0.529. The number of rotatable bonds is 5. The van der Waals surface area contributed by atoms with Crippen LogP contribution >= 0.6 is 0 Å². The Morgan fingerprint density at radius 1 is 0.839 bits per heavy atom. The number of carbonyl (C=O) groups excluding carboxylic acids is 2. The molecule has 2 amide bonds. The van der Waals surface area contributed by atoms with E-state index in [1.165, 1.54) is 25.2 Å². The van der Waals surface area contributed by atoms with Crippen LogP contribution in [0.2, 0.25) is 0 Å². The first-order valence-corrected chi connectivity index (χ1v) is 11.0. The van der Waals surface area contributed by atoms with Crippen LogP contribution in [0.4, 0.5) is 0 Å². The van der Waals surface area contributed by atoms with E-state index in [0.717, 1.165) is 17.1 Å². The third-order valence-corrected chi connectivity index (χ3v) is 6.42. The molecule has 0 bridgehead atoms. The topological polar surface area (TPSA) is 109 Å². The predicted octanol–water partition coefficient (Wildman–Crippen LogP) is 2.39. The standard InChI is InChI=1S/C22H24N4O4S/c1-14-10-11-18(31(29,30)23-4)13-19(14)21(27)24-25-22(28)20-12-15(2)26(16(20)3)17-8-6-5-7-9-17/h5-13,23H,1-4H3,(H,24,27)(H,25,28). The third-order valence-electron chi connectivity index (χ3n) is 5.01. The first kappa shape index (κ1) is 22.3. The first-order chi connectivity index (χ1) is 14.7. The Morgan fingerprint density at radius 2 is 1.45 bits per heavy atom. The van der Waals surface area contributed by atoms with Gasteiger partial charge in [0.15, 0.2) is 0 Å². The van der Waals surface area contributed by atoms with E-state index in [-0.39, 0.29) is 10.5 Å². The number of hydrogen-bond acceptors (Lipinski definition) is 4. The molecule has 0 unspecified atom stereocenters. The van der Waals surface area contributed by atoms with Gasteiger partial charge in [0.1, 0.15) is 0 Å². The fourth-order valence-electron chi connectivity index (χ4n) is 3.35. The van der Waals surface area contributed by atoms with E-state index in [0.29, 0.717) is 11.1 Å². The molecule has 1 heterocycles. The van der Waals surface area contributed by atoms with Crippen LogP contribution in [0.3, 0.4) is 0 Å². The van der Waals surface area contributed by atoms with Crippen molar-refractivity contribution in [2.24, 2.45) is 0 Å². The molecule has 3 rings (SSSR count). The largest absolute Gasteiger partial charge is 0.318 e. The van der Waals surface area contributed by atoms with Crippen LogP contribution in [0, 0.1) is 20.8 Å². The molecule has 9 heteroatoms. The van der Waals surface area contributed by atoms with Gasteiger partial charge in [0.25, 0.3) is 11.8 Å². The predicted molar refractivity (Wildman–Crippen MR) is 118 cm³/mol. The highest BCUT2D eigenvalue weighted by atomic mass is 32.2. The summed E-state index contributed by atoms with van der Waals surface area (Å²) < 4.78 is 28.2. The summed E-state index contributed by atoms with van der Waals surface area (Å²) in [5, 5.41) is 0. The van der Waals surface area contributed by atoms with Gasteiger partial charge in [0, 0.05) is 22.6 Å². The van der Waals surface area contributed by atoms with Gasteiger partial charge in [0.2, 0.25) is 10.0 Å². The summed E-state index contributed by atoms with van der Waals surface area (Å²) in [6, 6.07) is 15.6. The van der Waals surface area contributed by atoms with Crippen LogP contribution in [-0.2, 0) is 10.0 Å². The second-order valence-electron chi connectivity index (χ2n) is 7.05. The van der Waals surface area contributed by atoms with Crippen molar-refractivity contribution in [2.45, 2.75) is 25.7 Å². The van der Waals surface area contributed by atoms with Crippen LogP contribution < -0.4 is 15.6 Å². The van der Waals surface area contributed by atoms with Gasteiger partial charge in [0.05, 0.1) is 10.5 Å². The average Bonchev–Trinajstić information content (AvgIpc) is 3.06. The lowest BCUT2D eigenvalue weighted by Crippen LogP contribution is -2.42. The van der Waals surface area contributed by atoms with Crippen LogP contribution in [0.5, 0.6) is 0 Å². The molecule has 2 aromatic carbocycles. The van der Waals surface area contributed by atoms with Gasteiger partial charge in [-0.25, -0.2) is 13.1 Å². The zero-order valence-electron chi connectivity index (χ0n) is 17.7. The molecule has 0 spiro atoms. The second kappa shape index (κ2) is 8.75. The summed E-state index contributed by atoms with van der Waals surface area (Å²) in [7, 11) is -2.41. The van der Waals surface area contributed by atoms with E-state index in [2.05, 4.69) is 15.6 Å². The molecule has 0 saturated carbocycles. The number of benzene rings is 2. The highest BCUT2D eigenvalue weighted by Crippen LogP contribution is 2.20. The molecule has 31 heavy (non-hydrogen) atoms. The van der Waals surface area contributed by atoms with Crippen molar-refractivity contribution >= 4 is 21.8 Å². The average molecular weight is 441 g/mol. The van der Waals surface area contributed by atoms with E-state index < -0.39 is 21.8 Å². The maximum absolute atomic E-state index is 12.7. The number of aromatic nitrogens is 1. The SMILES string of the molecule is CNS(=O)(=O)c1ccc(C)c(C(=O)NNC(=O)c2cc(C)n(-c3ccccc3)c2C)c1. The molecule has 0 aliphatic heterocycles. The van der Waals surface area contributed by atoms with Crippen molar-refractivity contribution in [1.29, 1.82) is 0 Å². The lowest BCUT2D eigenvalue weighted by molar-refractivity contribution is 0.0846. The summed E-state index contributed by atoms with van der Waals surface area (Å²) in [6.45, 7) is 5.40. The molecule has 0 radical (unpaired) electrons. The number of sulfonamides is 1. The Bertz CT molecular complexity index is 1250. The summed E-state index contributed by atoms with van der Waals surface area (Å²) in [5.74, 6) is -1.09. The molecule has 0 aliphatic carbocycles. The minimum absolute atomic E-state index is 0.0384. The van der Waals surface area contributed by atoms with E-state index in [1.54, 1.807) is 13.0 Å². The van der Waals surface area contributed by atoms with Gasteiger partial charge >= 0.3 is 0 Å². The fourth-order valence-corrected chi connectivity index (χ4v) is 4.10. The number of nitrogens with zero attached hydrogens (tertiary/aromatic N) is 1. The van der Waals surface area contributed by atoms with E-state index in [9.17, 15) is 18.0 Å². The lowest BCUT2D eigenvalue weighted by Gasteiger charge is -2.12. The van der Waals surface area contributed by atoms with Crippen molar-refractivity contribution in [3.05, 3.63) is 82.7 Å². The first-order valence-electron chi connectivity index (χ1n) is 9.55. The van der Waals surface area contributed by atoms with Crippen molar-refractivity contribution in [3.8, 4) is 5.69 Å². The molecule has 8 nitrogen and oxygen atoms in total. The van der Waals surface area contributed by atoms with Crippen molar-refractivity contribution in [2.75, 3.05) is 7.05 Å². The Labute approximate surface area is 181 Å². The van der Waals surface area contributed by atoms with Crippen molar-refractivity contribution < 1.29 is 18.0 Å². The van der Waals surface area contributed by atoms with E-state index in [4.69, 9.17) is 0 Å². The van der Waals surface area contributed by atoms with Gasteiger partial charge in [-0.1, -0.05) is 24.3 Å². The van der Waals surface area contributed by atoms with Crippen LogP contribution in [-0.4, -0.2) is 31.8 Å². The van der Waals surface area contributed by atoms with E-state index >= 15 is 0 Å². The molecule has 0 fully saturated rings. The number of aryl methyl sites for hydroxylation is 2. The lowest BCUT2D eigenvalue weighted by atomic mass is 10.1. The minimum Gasteiger partial charge on any atom is -0.318 e. The Morgan fingerprint density at radius 3 is 2.06 bits per heavy atom. The monoisotopic (exact) mass is 440 g/mol. The number of nitrogens with one attached hydrogen (secondary N) is 3. The zero-order chi connectivity index (χ0) is 22.8. The summed E-state index contributed by atoms with van der Waals surface area (Å²) >= 11 is 0. The van der Waals surface area contributed by atoms with E-state index in [1.807, 2.05) is 48.7 Å². The van der Waals surface area contributed by atoms with Crippen molar-refractivity contribution in [1.82, 2.24) is 20.1 Å². The Kier molecular flexibility index (Phi) is 6.28. The smallest absolute Gasteiger partial charge is 0.271 e. The normalized spacial score (nSPS) is 11.2. The van der Waals surface area contributed by atoms with Gasteiger partial charge < -0.3 is 4.57 Å². The van der Waals surface area contributed by atoms with Gasteiger partial charge in [-0.2, -0.15) is 0 Å². The molecule has 162 valence electrons. The molecular weight excluding hydrogens is 416 g/mol. The molecule has 3 aromatic rings. The maximum Gasteiger partial charge on any atom is 0.271 e. The third kappa shape index (κ3) is 4.52. The van der Waals surface area contributed by atoms with Crippen LogP contribution in [0.15, 0.2) is 59.5 Å². The number of para-hydroxylation sites is 1. The van der Waals surface area contributed by atoms with Crippen LogP contribution in [0.1, 0.15) is 37.7 Å². The van der Waals surface area contributed by atoms with Gasteiger partial charge in [-0.3, -0.25) is 20.4 Å². The number of hydrazine groups is 1.